The summed E-state index contributed by atoms with van der Waals surface area (Å²) in [6.45, 7) is 0.945. The van der Waals surface area contributed by atoms with Gasteiger partial charge in [-0.25, -0.2) is 9.49 Å². The van der Waals surface area contributed by atoms with E-state index in [0.717, 1.165) is 17.4 Å². The summed E-state index contributed by atoms with van der Waals surface area (Å²) in [5, 5.41) is 16.2. The number of aromatic amines is 1. The summed E-state index contributed by atoms with van der Waals surface area (Å²) < 4.78 is 14.7. The number of hydrogen-bond donors (Lipinski definition) is 1. The van der Waals surface area contributed by atoms with Crippen LogP contribution in [0.25, 0.3) is 10.8 Å². The minimum Gasteiger partial charge on any atom is -0.353 e. The van der Waals surface area contributed by atoms with E-state index in [9.17, 15) is 14.0 Å². The van der Waals surface area contributed by atoms with Crippen molar-refractivity contribution in [1.29, 1.82) is 0 Å². The predicted molar refractivity (Wildman–Crippen MR) is 131 cm³/mol. The van der Waals surface area contributed by atoms with Crippen molar-refractivity contribution in [3.63, 3.8) is 0 Å². The zero-order valence-electron chi connectivity index (χ0n) is 18.9. The van der Waals surface area contributed by atoms with E-state index in [1.165, 1.54) is 6.07 Å². The molecule has 1 atom stereocenters. The summed E-state index contributed by atoms with van der Waals surface area (Å²) in [4.78, 5) is 28.9. The predicted octanol–water partition coefficient (Wildman–Crippen LogP) is 3.45. The quantitative estimate of drug-likeness (QED) is 0.458. The van der Waals surface area contributed by atoms with Crippen molar-refractivity contribution in [2.75, 3.05) is 25.0 Å². The van der Waals surface area contributed by atoms with E-state index in [0.29, 0.717) is 41.6 Å². The Morgan fingerprint density at radius 3 is 2.74 bits per heavy atom. The molecular weight excluding hydrogens is 471 g/mol. The number of carbonyl (C=O) groups excluding carboxylic acids is 1. The van der Waals surface area contributed by atoms with Crippen molar-refractivity contribution in [2.45, 2.75) is 18.9 Å². The van der Waals surface area contributed by atoms with E-state index in [1.807, 2.05) is 24.1 Å². The number of halogens is 2. The molecule has 8 nitrogen and oxygen atoms in total. The van der Waals surface area contributed by atoms with Gasteiger partial charge in [0.25, 0.3) is 11.5 Å². The van der Waals surface area contributed by atoms with Crippen LogP contribution in [0.3, 0.4) is 0 Å². The summed E-state index contributed by atoms with van der Waals surface area (Å²) in [5.74, 6) is -0.275. The van der Waals surface area contributed by atoms with Crippen LogP contribution in [-0.2, 0) is 6.42 Å². The van der Waals surface area contributed by atoms with Crippen LogP contribution < -0.4 is 10.5 Å². The zero-order valence-corrected chi connectivity index (χ0v) is 19.7. The number of H-pyrrole nitrogens is 1. The van der Waals surface area contributed by atoms with E-state index >= 15 is 0 Å². The number of rotatable bonds is 5. The van der Waals surface area contributed by atoms with Crippen molar-refractivity contribution >= 4 is 34.1 Å². The molecule has 2 aromatic carbocycles. The molecule has 1 N–H and O–H groups in total. The molecule has 35 heavy (non-hydrogen) atoms. The molecule has 10 heteroatoms. The Hall–Kier alpha value is -3.85. The first-order chi connectivity index (χ1) is 16.9. The molecule has 0 spiro atoms. The first-order valence-corrected chi connectivity index (χ1v) is 11.5. The van der Waals surface area contributed by atoms with E-state index in [1.54, 1.807) is 41.3 Å². The highest BCUT2D eigenvalue weighted by Crippen LogP contribution is 2.24. The van der Waals surface area contributed by atoms with Gasteiger partial charge >= 0.3 is 0 Å². The molecule has 0 aliphatic carbocycles. The Bertz CT molecular complexity index is 1460. The number of likely N-dealkylation sites (N-methyl/N-ethyl adjacent to an activating group) is 1. The van der Waals surface area contributed by atoms with E-state index in [-0.39, 0.29) is 23.1 Å². The number of amides is 1. The Morgan fingerprint density at radius 1 is 1.17 bits per heavy atom. The van der Waals surface area contributed by atoms with Gasteiger partial charge in [-0.15, -0.1) is 10.2 Å². The van der Waals surface area contributed by atoms with Crippen LogP contribution in [-0.4, -0.2) is 57.4 Å². The standard InChI is InChI=1S/C25H22ClFN6O2/c1-32(23-9-8-22(26)29-30-23)16-10-11-33(14-16)25(35)19-12-15(6-7-20(19)27)13-21-17-4-2-3-5-18(17)24(34)31-28-21/h2-9,12,16H,10-11,13-14H2,1H3,(H,31,34). The average Bonchev–Trinajstić information content (AvgIpc) is 3.37. The first-order valence-electron chi connectivity index (χ1n) is 11.2. The highest BCUT2D eigenvalue weighted by Gasteiger charge is 2.31. The van der Waals surface area contributed by atoms with Gasteiger partial charge in [0, 0.05) is 38.0 Å². The number of aromatic nitrogens is 4. The lowest BCUT2D eigenvalue weighted by molar-refractivity contribution is 0.0786. The van der Waals surface area contributed by atoms with Gasteiger partial charge in [-0.3, -0.25) is 9.59 Å². The third-order valence-corrected chi connectivity index (χ3v) is 6.59. The molecule has 1 unspecified atom stereocenters. The topological polar surface area (TPSA) is 95.1 Å². The lowest BCUT2D eigenvalue weighted by atomic mass is 10.0. The lowest BCUT2D eigenvalue weighted by Gasteiger charge is -2.25. The molecule has 4 aromatic rings. The minimum absolute atomic E-state index is 0.0193. The largest absolute Gasteiger partial charge is 0.353 e. The van der Waals surface area contributed by atoms with Gasteiger partial charge in [-0.2, -0.15) is 5.10 Å². The molecule has 178 valence electrons. The second kappa shape index (κ2) is 9.42. The average molecular weight is 493 g/mol. The third-order valence-electron chi connectivity index (χ3n) is 6.39. The summed E-state index contributed by atoms with van der Waals surface area (Å²) in [7, 11) is 1.89. The first kappa shape index (κ1) is 22.9. The van der Waals surface area contributed by atoms with Gasteiger partial charge in [0.05, 0.1) is 16.6 Å². The maximum Gasteiger partial charge on any atom is 0.272 e. The molecular formula is C25H22ClFN6O2. The Morgan fingerprint density at radius 2 is 1.97 bits per heavy atom. The molecule has 2 aromatic heterocycles. The monoisotopic (exact) mass is 492 g/mol. The van der Waals surface area contributed by atoms with Crippen LogP contribution in [0.5, 0.6) is 0 Å². The van der Waals surface area contributed by atoms with E-state index in [2.05, 4.69) is 20.4 Å². The molecule has 3 heterocycles. The summed E-state index contributed by atoms with van der Waals surface area (Å²) in [6.07, 6.45) is 1.07. The molecule has 0 saturated carbocycles. The molecule has 1 saturated heterocycles. The number of nitrogens with zero attached hydrogens (tertiary/aromatic N) is 5. The highest BCUT2D eigenvalue weighted by molar-refractivity contribution is 6.29. The van der Waals surface area contributed by atoms with Crippen molar-refractivity contribution in [3.8, 4) is 0 Å². The number of nitrogens with one attached hydrogen (secondary N) is 1. The fourth-order valence-electron chi connectivity index (χ4n) is 4.44. The normalized spacial score (nSPS) is 15.5. The maximum absolute atomic E-state index is 14.7. The van der Waals surface area contributed by atoms with Crippen LogP contribution in [0, 0.1) is 5.82 Å². The van der Waals surface area contributed by atoms with Crippen LogP contribution in [0.1, 0.15) is 28.0 Å². The summed E-state index contributed by atoms with van der Waals surface area (Å²) in [5.41, 5.74) is 1.13. The van der Waals surface area contributed by atoms with Gasteiger partial charge in [0.15, 0.2) is 11.0 Å². The number of anilines is 1. The Kier molecular flexibility index (Phi) is 6.17. The number of carbonyl (C=O) groups is 1. The maximum atomic E-state index is 14.7. The molecule has 1 fully saturated rings. The highest BCUT2D eigenvalue weighted by atomic mass is 35.5. The SMILES string of the molecule is CN(c1ccc(Cl)nn1)C1CCN(C(=O)c2cc(Cc3n[nH]c(=O)c4ccccc34)ccc2F)C1. The molecule has 5 rings (SSSR count). The van der Waals surface area contributed by atoms with Gasteiger partial charge < -0.3 is 9.80 Å². The summed E-state index contributed by atoms with van der Waals surface area (Å²) in [6, 6.07) is 15.2. The zero-order chi connectivity index (χ0) is 24.5. The number of benzene rings is 2. The summed E-state index contributed by atoms with van der Waals surface area (Å²) >= 11 is 5.82. The van der Waals surface area contributed by atoms with Gasteiger partial charge in [-0.1, -0.05) is 35.9 Å². The third kappa shape index (κ3) is 4.59. The molecule has 1 aliphatic rings. The van der Waals surface area contributed by atoms with Crippen molar-refractivity contribution < 1.29 is 9.18 Å². The van der Waals surface area contributed by atoms with E-state index < -0.39 is 5.82 Å². The smallest absolute Gasteiger partial charge is 0.272 e. The second-order valence-electron chi connectivity index (χ2n) is 8.55. The molecule has 0 bridgehead atoms. The van der Waals surface area contributed by atoms with Gasteiger partial charge in [0.2, 0.25) is 0 Å². The van der Waals surface area contributed by atoms with Crippen molar-refractivity contribution in [3.05, 3.63) is 92.7 Å². The Balaban J connectivity index is 1.35. The molecule has 1 aliphatic heterocycles. The van der Waals surface area contributed by atoms with Crippen LogP contribution in [0.15, 0.2) is 59.4 Å². The van der Waals surface area contributed by atoms with Gasteiger partial charge in [0.1, 0.15) is 5.82 Å². The van der Waals surface area contributed by atoms with Crippen LogP contribution in [0.2, 0.25) is 5.15 Å². The lowest BCUT2D eigenvalue weighted by Crippen LogP contribution is -2.37. The Labute approximate surface area is 205 Å². The fourth-order valence-corrected chi connectivity index (χ4v) is 4.54. The number of fused-ring (bicyclic) bond motifs is 1. The van der Waals surface area contributed by atoms with Crippen molar-refractivity contribution in [2.24, 2.45) is 0 Å². The van der Waals surface area contributed by atoms with Crippen LogP contribution >= 0.6 is 11.6 Å². The van der Waals surface area contributed by atoms with E-state index in [4.69, 9.17) is 11.6 Å². The van der Waals surface area contributed by atoms with Crippen LogP contribution in [0.4, 0.5) is 10.2 Å². The number of hydrogen-bond acceptors (Lipinski definition) is 6. The fraction of sp³-hybridized carbons (Fsp3) is 0.240. The molecule has 0 radical (unpaired) electrons. The van der Waals surface area contributed by atoms with Gasteiger partial charge in [-0.05, 0) is 42.3 Å². The van der Waals surface area contributed by atoms with Crippen molar-refractivity contribution in [1.82, 2.24) is 25.3 Å². The molecule has 1 amide bonds. The minimum atomic E-state index is -0.571. The second-order valence-corrected chi connectivity index (χ2v) is 8.94. The number of likely N-dealkylation sites (tertiary alicyclic amines) is 1.